The predicted molar refractivity (Wildman–Crippen MR) is 121 cm³/mol. The molecule has 0 radical (unpaired) electrons. The van der Waals surface area contributed by atoms with E-state index >= 15 is 0 Å². The minimum Gasteiger partial charge on any atom is -0.341 e. The van der Waals surface area contributed by atoms with Crippen LogP contribution in [-0.4, -0.2) is 16.2 Å². The largest absolute Gasteiger partial charge is 0.341 e. The third kappa shape index (κ3) is 3.33. The molecule has 0 fully saturated rings. The maximum Gasteiger partial charge on any atom is 0.280 e. The fourth-order valence-corrected chi connectivity index (χ4v) is 4.36. The number of anilines is 1. The number of carbonyl (C=O) groups is 1. The highest BCUT2D eigenvalue weighted by Gasteiger charge is 2.37. The normalized spacial score (nSPS) is 16.2. The van der Waals surface area contributed by atoms with Crippen LogP contribution in [0, 0.1) is 42.9 Å². The summed E-state index contributed by atoms with van der Waals surface area (Å²) in [5, 5.41) is 4.93. The second-order valence-corrected chi connectivity index (χ2v) is 8.38. The van der Waals surface area contributed by atoms with Crippen molar-refractivity contribution in [3.05, 3.63) is 69.7 Å². The molecule has 1 amide bonds. The Morgan fingerprint density at radius 3 is 2.15 bits per heavy atom. The summed E-state index contributed by atoms with van der Waals surface area (Å²) in [7, 11) is 0. The highest BCUT2D eigenvalue weighted by atomic mass is 19.2. The molecule has 178 valence electrons. The fraction of sp³-hybridized carbons (Fsp3) is 0.280. The summed E-state index contributed by atoms with van der Waals surface area (Å²) in [6, 6.07) is 5.94. The second kappa shape index (κ2) is 8.38. The number of aromatic nitrogens is 1. The molecule has 0 saturated carbocycles. The average Bonchev–Trinajstić information content (AvgIpc) is 3.25. The van der Waals surface area contributed by atoms with Crippen LogP contribution in [0.1, 0.15) is 50.1 Å². The van der Waals surface area contributed by atoms with Gasteiger partial charge < -0.3 is 4.57 Å². The lowest BCUT2D eigenvalue weighted by atomic mass is 10.0. The van der Waals surface area contributed by atoms with E-state index in [1.54, 1.807) is 6.08 Å². The minimum absolute atomic E-state index is 0.00301. The van der Waals surface area contributed by atoms with Gasteiger partial charge in [0.1, 0.15) is 5.69 Å². The van der Waals surface area contributed by atoms with Crippen molar-refractivity contribution < 1.29 is 26.7 Å². The van der Waals surface area contributed by atoms with Gasteiger partial charge in [0.05, 0.1) is 16.8 Å². The van der Waals surface area contributed by atoms with Crippen molar-refractivity contribution in [3.63, 3.8) is 0 Å². The molecular weight excluding hydrogens is 453 g/mol. The van der Waals surface area contributed by atoms with Crippen LogP contribution in [0.3, 0.4) is 0 Å². The van der Waals surface area contributed by atoms with Crippen LogP contribution in [0.2, 0.25) is 0 Å². The van der Waals surface area contributed by atoms with Gasteiger partial charge in [-0.25, -0.2) is 22.0 Å². The monoisotopic (exact) mass is 475 g/mol. The van der Waals surface area contributed by atoms with Crippen LogP contribution in [0.5, 0.6) is 0 Å². The second-order valence-electron chi connectivity index (χ2n) is 8.38. The first-order valence-corrected chi connectivity index (χ1v) is 10.7. The number of halogens is 5. The standard InChI is InChI=1S/C25H22F5N3O/c1-6-12(3)32-14(5)17(15-9-7-8-11(2)23(15)32)10-16-13(4)31-33(25(16)34)24-21(29)19(27)18(26)20(28)22(24)30/h7-10,12H,6H2,1-5H3/b16-10+/t12-/m0/s1. The first kappa shape index (κ1) is 23.7. The number of nitrogens with zero attached hydrogens (tertiary/aromatic N) is 3. The summed E-state index contributed by atoms with van der Waals surface area (Å²) in [6.07, 6.45) is 2.42. The molecule has 2 heterocycles. The van der Waals surface area contributed by atoms with E-state index in [-0.39, 0.29) is 22.3 Å². The van der Waals surface area contributed by atoms with E-state index in [9.17, 15) is 26.7 Å². The zero-order valence-corrected chi connectivity index (χ0v) is 19.2. The van der Waals surface area contributed by atoms with Crippen LogP contribution in [0.4, 0.5) is 27.6 Å². The maximum absolute atomic E-state index is 14.3. The summed E-state index contributed by atoms with van der Waals surface area (Å²) in [5.41, 5.74) is 2.31. The number of hydrogen-bond acceptors (Lipinski definition) is 2. The van der Waals surface area contributed by atoms with Crippen molar-refractivity contribution >= 4 is 34.3 Å². The highest BCUT2D eigenvalue weighted by molar-refractivity contribution is 6.32. The third-order valence-corrected chi connectivity index (χ3v) is 6.30. The summed E-state index contributed by atoms with van der Waals surface area (Å²) in [5.74, 6) is -11.8. The average molecular weight is 475 g/mol. The van der Waals surface area contributed by atoms with E-state index in [0.717, 1.165) is 34.1 Å². The molecule has 4 rings (SSSR count). The Morgan fingerprint density at radius 1 is 0.971 bits per heavy atom. The van der Waals surface area contributed by atoms with Gasteiger partial charge in [-0.2, -0.15) is 10.1 Å². The molecule has 3 aromatic rings. The van der Waals surface area contributed by atoms with E-state index in [4.69, 9.17) is 0 Å². The van der Waals surface area contributed by atoms with Crippen molar-refractivity contribution in [1.29, 1.82) is 0 Å². The van der Waals surface area contributed by atoms with Gasteiger partial charge in [0.15, 0.2) is 23.3 Å². The zero-order valence-electron chi connectivity index (χ0n) is 19.2. The van der Waals surface area contributed by atoms with E-state index in [2.05, 4.69) is 23.5 Å². The van der Waals surface area contributed by atoms with E-state index in [1.807, 2.05) is 32.0 Å². The van der Waals surface area contributed by atoms with Gasteiger partial charge in [-0.1, -0.05) is 25.1 Å². The lowest BCUT2D eigenvalue weighted by Crippen LogP contribution is -2.25. The first-order valence-electron chi connectivity index (χ1n) is 10.7. The van der Waals surface area contributed by atoms with Crippen LogP contribution < -0.4 is 5.01 Å². The van der Waals surface area contributed by atoms with Crippen molar-refractivity contribution in [2.45, 2.75) is 47.1 Å². The summed E-state index contributed by atoms with van der Waals surface area (Å²) >= 11 is 0. The first-order chi connectivity index (χ1) is 16.0. The van der Waals surface area contributed by atoms with Gasteiger partial charge in [-0.3, -0.25) is 4.79 Å². The molecule has 0 bridgehead atoms. The topological polar surface area (TPSA) is 37.6 Å². The SMILES string of the molecule is CC[C@H](C)n1c(C)c(/C=C2/C(=O)N(c3c(F)c(F)c(F)c(F)c3F)N=C2C)c2cccc(C)c21. The quantitative estimate of drug-likeness (QED) is 0.178. The number of hydrogen-bond donors (Lipinski definition) is 0. The molecular formula is C25H22F5N3O. The molecule has 0 unspecified atom stereocenters. The Labute approximate surface area is 193 Å². The van der Waals surface area contributed by atoms with Gasteiger partial charge >= 0.3 is 0 Å². The number of amides is 1. The molecule has 1 atom stereocenters. The number of fused-ring (bicyclic) bond motifs is 1. The number of aryl methyl sites for hydroxylation is 1. The molecule has 4 nitrogen and oxygen atoms in total. The highest BCUT2D eigenvalue weighted by Crippen LogP contribution is 2.37. The number of rotatable bonds is 4. The molecule has 1 aliphatic heterocycles. The van der Waals surface area contributed by atoms with Gasteiger partial charge in [-0.05, 0) is 45.8 Å². The lowest BCUT2D eigenvalue weighted by Gasteiger charge is -2.17. The molecule has 0 spiro atoms. The van der Waals surface area contributed by atoms with Crippen molar-refractivity contribution in [1.82, 2.24) is 4.57 Å². The smallest absolute Gasteiger partial charge is 0.280 e. The molecule has 0 N–H and O–H groups in total. The Hall–Kier alpha value is -3.49. The summed E-state index contributed by atoms with van der Waals surface area (Å²) in [6.45, 7) is 9.46. The third-order valence-electron chi connectivity index (χ3n) is 6.30. The number of benzene rings is 2. The Morgan fingerprint density at radius 2 is 1.56 bits per heavy atom. The zero-order chi connectivity index (χ0) is 25.1. The van der Waals surface area contributed by atoms with E-state index in [1.165, 1.54) is 6.92 Å². The van der Waals surface area contributed by atoms with Gasteiger partial charge in [-0.15, -0.1) is 0 Å². The number of hydrazone groups is 1. The lowest BCUT2D eigenvalue weighted by molar-refractivity contribution is -0.114. The van der Waals surface area contributed by atoms with Crippen molar-refractivity contribution in [2.24, 2.45) is 5.10 Å². The summed E-state index contributed by atoms with van der Waals surface area (Å²) < 4.78 is 71.8. The molecule has 2 aromatic carbocycles. The van der Waals surface area contributed by atoms with Crippen molar-refractivity contribution in [2.75, 3.05) is 5.01 Å². The molecule has 0 aliphatic carbocycles. The number of para-hydroxylation sites is 1. The molecule has 1 aliphatic rings. The Bertz CT molecular complexity index is 1390. The van der Waals surface area contributed by atoms with Crippen LogP contribution in [0.25, 0.3) is 17.0 Å². The van der Waals surface area contributed by atoms with Gasteiger partial charge in [0.25, 0.3) is 5.91 Å². The predicted octanol–water partition coefficient (Wildman–Crippen LogP) is 6.73. The molecule has 0 saturated heterocycles. The van der Waals surface area contributed by atoms with Crippen molar-refractivity contribution in [3.8, 4) is 0 Å². The van der Waals surface area contributed by atoms with Crippen LogP contribution in [-0.2, 0) is 4.79 Å². The van der Waals surface area contributed by atoms with Crippen LogP contribution >= 0.6 is 0 Å². The number of carbonyl (C=O) groups excluding carboxylic acids is 1. The maximum atomic E-state index is 14.3. The summed E-state index contributed by atoms with van der Waals surface area (Å²) in [4.78, 5) is 13.1. The molecule has 9 heteroatoms. The fourth-order valence-electron chi connectivity index (χ4n) is 4.36. The van der Waals surface area contributed by atoms with Gasteiger partial charge in [0, 0.05) is 22.7 Å². The Balaban J connectivity index is 1.90. The van der Waals surface area contributed by atoms with Gasteiger partial charge in [0.2, 0.25) is 5.82 Å². The molecule has 1 aromatic heterocycles. The van der Waals surface area contributed by atoms with E-state index in [0.29, 0.717) is 0 Å². The van der Waals surface area contributed by atoms with Crippen LogP contribution in [0.15, 0.2) is 28.9 Å². The minimum atomic E-state index is -2.30. The Kier molecular flexibility index (Phi) is 5.83. The van der Waals surface area contributed by atoms with E-state index < -0.39 is 40.7 Å². The molecule has 34 heavy (non-hydrogen) atoms.